The first-order chi connectivity index (χ1) is 16.4. The zero-order valence-electron chi connectivity index (χ0n) is 19.5. The number of rotatable bonds is 4. The van der Waals surface area contributed by atoms with Crippen LogP contribution < -0.4 is 4.74 Å². The molecule has 34 heavy (non-hydrogen) atoms. The third kappa shape index (κ3) is 4.70. The third-order valence-corrected chi connectivity index (χ3v) is 5.65. The maximum atomic E-state index is 12.2. The van der Waals surface area contributed by atoms with Crippen LogP contribution in [0.1, 0.15) is 33.6 Å². The molecule has 176 valence electrons. The van der Waals surface area contributed by atoms with Crippen molar-refractivity contribution in [2.24, 2.45) is 0 Å². The second-order valence-corrected chi connectivity index (χ2v) is 9.32. The molecule has 4 aromatic rings. The van der Waals surface area contributed by atoms with Gasteiger partial charge in [0.15, 0.2) is 0 Å². The van der Waals surface area contributed by atoms with Gasteiger partial charge in [0, 0.05) is 37.5 Å². The molecule has 0 atom stereocenters. The van der Waals surface area contributed by atoms with Crippen LogP contribution in [0.5, 0.6) is 5.75 Å². The van der Waals surface area contributed by atoms with Crippen molar-refractivity contribution < 1.29 is 14.3 Å². The van der Waals surface area contributed by atoms with Crippen LogP contribution in [-0.4, -0.2) is 65.5 Å². The lowest BCUT2D eigenvalue weighted by Crippen LogP contribution is -2.44. The first-order valence-electron chi connectivity index (χ1n) is 11.3. The van der Waals surface area contributed by atoms with Crippen LogP contribution >= 0.6 is 0 Å². The molecule has 10 heteroatoms. The highest BCUT2D eigenvalue weighted by Gasteiger charge is 2.27. The molecule has 3 aromatic heterocycles. The summed E-state index contributed by atoms with van der Waals surface area (Å²) >= 11 is 0. The number of fused-ring (bicyclic) bond motifs is 1. The van der Waals surface area contributed by atoms with Crippen LogP contribution in [-0.2, 0) is 4.74 Å². The van der Waals surface area contributed by atoms with Gasteiger partial charge in [0.25, 0.3) is 0 Å². The number of pyridine rings is 1. The van der Waals surface area contributed by atoms with Gasteiger partial charge >= 0.3 is 6.09 Å². The van der Waals surface area contributed by atoms with E-state index in [-0.39, 0.29) is 12.2 Å². The molecule has 0 saturated carbocycles. The molecule has 0 unspecified atom stereocenters. The number of hydrogen-bond acceptors (Lipinski definition) is 7. The normalized spacial score (nSPS) is 15.0. The summed E-state index contributed by atoms with van der Waals surface area (Å²) < 4.78 is 15.2. The highest BCUT2D eigenvalue weighted by atomic mass is 16.6. The van der Waals surface area contributed by atoms with Crippen molar-refractivity contribution in [2.75, 3.05) is 13.1 Å². The Morgan fingerprint density at radius 2 is 1.91 bits per heavy atom. The summed E-state index contributed by atoms with van der Waals surface area (Å²) in [6, 6.07) is 11.9. The summed E-state index contributed by atoms with van der Waals surface area (Å²) in [5.74, 6) is 1.52. The predicted octanol–water partition coefficient (Wildman–Crippen LogP) is 3.78. The molecule has 1 fully saturated rings. The third-order valence-electron chi connectivity index (χ3n) is 5.65. The minimum absolute atomic E-state index is 0.0449. The van der Waals surface area contributed by atoms with Gasteiger partial charge in [-0.25, -0.2) is 14.5 Å². The van der Waals surface area contributed by atoms with Crippen LogP contribution in [0.3, 0.4) is 0 Å². The largest absolute Gasteiger partial charge is 0.489 e. The quantitative estimate of drug-likeness (QED) is 0.456. The van der Waals surface area contributed by atoms with Crippen molar-refractivity contribution in [3.05, 3.63) is 55.1 Å². The lowest BCUT2D eigenvalue weighted by molar-refractivity contribution is 0.0126. The number of piperidine rings is 1. The number of amides is 1. The van der Waals surface area contributed by atoms with Gasteiger partial charge in [-0.2, -0.15) is 0 Å². The van der Waals surface area contributed by atoms with E-state index in [1.165, 1.54) is 0 Å². The SMILES string of the molecule is CC(C)(C)OC(=O)N1CCC(Oc2ccc(-n3ccc4cc(-n5cnnn5)ccc43)nc2)CC1. The fourth-order valence-corrected chi connectivity index (χ4v) is 4.01. The number of carbonyl (C=O) groups is 1. The van der Waals surface area contributed by atoms with Gasteiger partial charge in [-0.1, -0.05) is 0 Å². The topological polar surface area (TPSA) is 100 Å². The fraction of sp³-hybridized carbons (Fsp3) is 0.375. The first kappa shape index (κ1) is 21.9. The number of likely N-dealkylation sites (tertiary alicyclic amines) is 1. The van der Waals surface area contributed by atoms with Crippen molar-refractivity contribution in [2.45, 2.75) is 45.3 Å². The Morgan fingerprint density at radius 1 is 1.09 bits per heavy atom. The van der Waals surface area contributed by atoms with Gasteiger partial charge in [0.05, 0.1) is 17.4 Å². The van der Waals surface area contributed by atoms with Crippen LogP contribution in [0, 0.1) is 0 Å². The number of tetrazole rings is 1. The summed E-state index contributed by atoms with van der Waals surface area (Å²) in [4.78, 5) is 18.6. The Hall–Kier alpha value is -3.95. The predicted molar refractivity (Wildman–Crippen MR) is 125 cm³/mol. The molecule has 0 spiro atoms. The van der Waals surface area contributed by atoms with Crippen LogP contribution in [0.2, 0.25) is 0 Å². The van der Waals surface area contributed by atoms with E-state index >= 15 is 0 Å². The number of carbonyl (C=O) groups excluding carboxylic acids is 1. The standard InChI is InChI=1S/C24H27N7O3/c1-24(2,3)34-23(32)29-11-9-19(10-12-29)33-20-5-7-22(25-15-20)30-13-8-17-14-18(4-6-21(17)30)31-16-26-27-28-31/h4-8,13-16,19H,9-12H2,1-3H3. The number of aromatic nitrogens is 6. The van der Waals surface area contributed by atoms with E-state index in [2.05, 4.69) is 20.5 Å². The minimum atomic E-state index is -0.486. The van der Waals surface area contributed by atoms with E-state index in [1.807, 2.05) is 67.9 Å². The number of nitrogens with zero attached hydrogens (tertiary/aromatic N) is 7. The van der Waals surface area contributed by atoms with Gasteiger partial charge in [-0.3, -0.25) is 0 Å². The van der Waals surface area contributed by atoms with E-state index in [4.69, 9.17) is 9.47 Å². The van der Waals surface area contributed by atoms with Gasteiger partial charge in [0.2, 0.25) is 0 Å². The molecule has 1 aromatic carbocycles. The Morgan fingerprint density at radius 3 is 2.59 bits per heavy atom. The summed E-state index contributed by atoms with van der Waals surface area (Å²) in [6.45, 7) is 6.87. The summed E-state index contributed by atoms with van der Waals surface area (Å²) in [6.07, 6.45) is 6.60. The molecule has 1 amide bonds. The van der Waals surface area contributed by atoms with E-state index in [9.17, 15) is 4.79 Å². The van der Waals surface area contributed by atoms with Crippen LogP contribution in [0.25, 0.3) is 22.4 Å². The molecule has 1 aliphatic rings. The van der Waals surface area contributed by atoms with Gasteiger partial charge in [-0.15, -0.1) is 5.10 Å². The summed E-state index contributed by atoms with van der Waals surface area (Å²) in [7, 11) is 0. The number of benzene rings is 1. The maximum absolute atomic E-state index is 12.2. The van der Waals surface area contributed by atoms with E-state index in [1.54, 1.807) is 22.1 Å². The minimum Gasteiger partial charge on any atom is -0.489 e. The molecular formula is C24H27N7O3. The fourth-order valence-electron chi connectivity index (χ4n) is 4.01. The Balaban J connectivity index is 1.22. The second-order valence-electron chi connectivity index (χ2n) is 9.32. The van der Waals surface area contributed by atoms with Crippen molar-refractivity contribution in [3.8, 4) is 17.3 Å². The number of ether oxygens (including phenoxy) is 2. The van der Waals surface area contributed by atoms with Gasteiger partial charge in [0.1, 0.15) is 29.6 Å². The lowest BCUT2D eigenvalue weighted by atomic mass is 10.1. The van der Waals surface area contributed by atoms with E-state index in [0.29, 0.717) is 13.1 Å². The van der Waals surface area contributed by atoms with Crippen molar-refractivity contribution >= 4 is 17.0 Å². The van der Waals surface area contributed by atoms with E-state index < -0.39 is 5.60 Å². The average Bonchev–Trinajstić information content (AvgIpc) is 3.49. The molecule has 0 N–H and O–H groups in total. The van der Waals surface area contributed by atoms with Crippen molar-refractivity contribution in [1.82, 2.24) is 34.7 Å². The van der Waals surface area contributed by atoms with Gasteiger partial charge in [-0.05, 0) is 67.6 Å². The molecule has 0 bridgehead atoms. The average molecular weight is 462 g/mol. The van der Waals surface area contributed by atoms with Crippen LogP contribution in [0.4, 0.5) is 4.79 Å². The first-order valence-corrected chi connectivity index (χ1v) is 11.3. The van der Waals surface area contributed by atoms with Gasteiger partial charge < -0.3 is 18.9 Å². The monoisotopic (exact) mass is 461 g/mol. The molecule has 0 aliphatic carbocycles. The molecular weight excluding hydrogens is 434 g/mol. The molecule has 1 saturated heterocycles. The Kier molecular flexibility index (Phi) is 5.64. The van der Waals surface area contributed by atoms with Crippen molar-refractivity contribution in [3.63, 3.8) is 0 Å². The van der Waals surface area contributed by atoms with Crippen molar-refractivity contribution in [1.29, 1.82) is 0 Å². The highest BCUT2D eigenvalue weighted by molar-refractivity contribution is 5.83. The molecule has 5 rings (SSSR count). The maximum Gasteiger partial charge on any atom is 0.410 e. The molecule has 4 heterocycles. The Labute approximate surface area is 197 Å². The zero-order valence-corrected chi connectivity index (χ0v) is 19.5. The smallest absolute Gasteiger partial charge is 0.410 e. The highest BCUT2D eigenvalue weighted by Crippen LogP contribution is 2.24. The van der Waals surface area contributed by atoms with E-state index in [0.717, 1.165) is 41.0 Å². The zero-order chi connectivity index (χ0) is 23.7. The summed E-state index contributed by atoms with van der Waals surface area (Å²) in [5, 5.41) is 12.4. The molecule has 10 nitrogen and oxygen atoms in total. The Bertz CT molecular complexity index is 1270. The lowest BCUT2D eigenvalue weighted by Gasteiger charge is -2.33. The molecule has 1 aliphatic heterocycles. The van der Waals surface area contributed by atoms with Crippen LogP contribution in [0.15, 0.2) is 55.1 Å². The summed E-state index contributed by atoms with van der Waals surface area (Å²) in [5.41, 5.74) is 1.44. The molecule has 0 radical (unpaired) electrons. The number of hydrogen-bond donors (Lipinski definition) is 0. The second kappa shape index (κ2) is 8.77.